The molecular formula is C7H13NO. The predicted molar refractivity (Wildman–Crippen MR) is 38.1 cm³/mol. The zero-order valence-corrected chi connectivity index (χ0v) is 5.60. The molecule has 0 radical (unpaired) electrons. The molecule has 0 aromatic carbocycles. The van der Waals surface area contributed by atoms with Crippen molar-refractivity contribution in [2.45, 2.75) is 19.3 Å². The molecule has 0 unspecified atom stereocenters. The van der Waals surface area contributed by atoms with Crippen molar-refractivity contribution < 1.29 is 4.79 Å². The highest BCUT2D eigenvalue weighted by molar-refractivity contribution is 5.80. The van der Waals surface area contributed by atoms with Gasteiger partial charge in [-0.2, -0.15) is 0 Å². The molecule has 0 fully saturated rings. The molecule has 0 saturated carbocycles. The second-order valence-corrected chi connectivity index (χ2v) is 1.92. The van der Waals surface area contributed by atoms with Crippen molar-refractivity contribution in [2.24, 2.45) is 5.73 Å². The van der Waals surface area contributed by atoms with E-state index in [0.29, 0.717) is 6.42 Å². The number of unbranched alkanes of at least 4 members (excludes halogenated alkanes) is 1. The lowest BCUT2D eigenvalue weighted by Gasteiger charge is -1.92. The van der Waals surface area contributed by atoms with Gasteiger partial charge in [-0.25, -0.2) is 0 Å². The van der Waals surface area contributed by atoms with E-state index in [1.165, 1.54) is 0 Å². The summed E-state index contributed by atoms with van der Waals surface area (Å²) in [6.07, 6.45) is 4.21. The molecule has 0 aromatic rings. The van der Waals surface area contributed by atoms with Crippen LogP contribution in [0.15, 0.2) is 12.7 Å². The van der Waals surface area contributed by atoms with E-state index in [0.717, 1.165) is 12.8 Å². The number of ketones is 1. The number of Topliss-reactive ketones (excluding diaryl/α,β-unsaturated/α-hetero) is 1. The van der Waals surface area contributed by atoms with Gasteiger partial charge in [0.15, 0.2) is 0 Å². The van der Waals surface area contributed by atoms with Crippen molar-refractivity contribution >= 4 is 5.78 Å². The van der Waals surface area contributed by atoms with Crippen LogP contribution in [0, 0.1) is 0 Å². The Kier molecular flexibility index (Phi) is 5.12. The number of nitrogens with two attached hydrogens (primary N) is 1. The largest absolute Gasteiger partial charge is 0.324 e. The van der Waals surface area contributed by atoms with Crippen LogP contribution in [0.2, 0.25) is 0 Å². The van der Waals surface area contributed by atoms with E-state index in [-0.39, 0.29) is 12.3 Å². The molecule has 9 heavy (non-hydrogen) atoms. The topological polar surface area (TPSA) is 43.1 Å². The van der Waals surface area contributed by atoms with Crippen molar-refractivity contribution in [1.29, 1.82) is 0 Å². The summed E-state index contributed by atoms with van der Waals surface area (Å²) in [6, 6.07) is 0. The first-order valence-corrected chi connectivity index (χ1v) is 3.14. The van der Waals surface area contributed by atoms with Crippen LogP contribution in [0.3, 0.4) is 0 Å². The van der Waals surface area contributed by atoms with E-state index in [9.17, 15) is 4.79 Å². The van der Waals surface area contributed by atoms with Crippen molar-refractivity contribution in [2.75, 3.05) is 6.54 Å². The van der Waals surface area contributed by atoms with Crippen LogP contribution in [-0.4, -0.2) is 12.3 Å². The lowest BCUT2D eigenvalue weighted by atomic mass is 10.2. The number of allylic oxidation sites excluding steroid dienone is 1. The third kappa shape index (κ3) is 5.24. The van der Waals surface area contributed by atoms with E-state index in [1.54, 1.807) is 0 Å². The van der Waals surface area contributed by atoms with Gasteiger partial charge in [0.25, 0.3) is 0 Å². The van der Waals surface area contributed by atoms with Gasteiger partial charge < -0.3 is 5.73 Å². The van der Waals surface area contributed by atoms with E-state index in [1.807, 2.05) is 6.08 Å². The maximum absolute atomic E-state index is 10.5. The molecule has 0 amide bonds. The number of carbonyl (C=O) groups excluding carboxylic acids is 1. The minimum absolute atomic E-state index is 0.136. The Balaban J connectivity index is 3.06. The second kappa shape index (κ2) is 5.51. The molecule has 0 saturated heterocycles. The van der Waals surface area contributed by atoms with Gasteiger partial charge in [-0.3, -0.25) is 4.79 Å². The molecule has 0 aliphatic heterocycles. The Bertz CT molecular complexity index is 99.1. The van der Waals surface area contributed by atoms with Crippen molar-refractivity contribution in [1.82, 2.24) is 0 Å². The van der Waals surface area contributed by atoms with Gasteiger partial charge in [0.2, 0.25) is 0 Å². The van der Waals surface area contributed by atoms with E-state index < -0.39 is 0 Å². The smallest absolute Gasteiger partial charge is 0.146 e. The fourth-order valence-corrected chi connectivity index (χ4v) is 0.546. The lowest BCUT2D eigenvalue weighted by molar-refractivity contribution is -0.117. The predicted octanol–water partition coefficient (Wildman–Crippen LogP) is 0.871. The van der Waals surface area contributed by atoms with Crippen LogP contribution in [0.5, 0.6) is 0 Å². The molecular weight excluding hydrogens is 114 g/mol. The summed E-state index contributed by atoms with van der Waals surface area (Å²) >= 11 is 0. The molecule has 0 aliphatic rings. The molecule has 0 aromatic heterocycles. The molecule has 0 rings (SSSR count). The fourth-order valence-electron chi connectivity index (χ4n) is 0.546. The first kappa shape index (κ1) is 8.37. The highest BCUT2D eigenvalue weighted by atomic mass is 16.1. The Morgan fingerprint density at radius 1 is 1.67 bits per heavy atom. The Labute approximate surface area is 55.7 Å². The minimum atomic E-state index is 0.136. The third-order valence-corrected chi connectivity index (χ3v) is 1.09. The molecule has 0 bridgehead atoms. The number of rotatable bonds is 5. The van der Waals surface area contributed by atoms with Crippen LogP contribution in [0.4, 0.5) is 0 Å². The van der Waals surface area contributed by atoms with Crippen molar-refractivity contribution in [3.05, 3.63) is 12.7 Å². The summed E-state index contributed by atoms with van der Waals surface area (Å²) in [5.74, 6) is 0.136. The van der Waals surface area contributed by atoms with Gasteiger partial charge in [-0.15, -0.1) is 6.58 Å². The Hall–Kier alpha value is -0.630. The summed E-state index contributed by atoms with van der Waals surface area (Å²) in [6.45, 7) is 3.72. The van der Waals surface area contributed by atoms with Crippen molar-refractivity contribution in [3.63, 3.8) is 0 Å². The van der Waals surface area contributed by atoms with Crippen LogP contribution < -0.4 is 5.73 Å². The maximum Gasteiger partial charge on any atom is 0.146 e. The number of hydrogen-bond acceptors (Lipinski definition) is 2. The first-order valence-electron chi connectivity index (χ1n) is 3.14. The molecule has 52 valence electrons. The second-order valence-electron chi connectivity index (χ2n) is 1.92. The number of carbonyl (C=O) groups is 1. The normalized spacial score (nSPS) is 9.00. The van der Waals surface area contributed by atoms with Gasteiger partial charge in [0, 0.05) is 6.42 Å². The van der Waals surface area contributed by atoms with Gasteiger partial charge in [0.1, 0.15) is 5.78 Å². The third-order valence-electron chi connectivity index (χ3n) is 1.09. The lowest BCUT2D eigenvalue weighted by Crippen LogP contribution is -2.12. The Morgan fingerprint density at radius 2 is 2.33 bits per heavy atom. The molecule has 0 atom stereocenters. The number of hydrogen-bond donors (Lipinski definition) is 1. The van der Waals surface area contributed by atoms with Gasteiger partial charge in [-0.1, -0.05) is 6.08 Å². The average Bonchev–Trinajstić information content (AvgIpc) is 1.89. The van der Waals surface area contributed by atoms with E-state index >= 15 is 0 Å². The van der Waals surface area contributed by atoms with Crippen LogP contribution in [0.1, 0.15) is 19.3 Å². The Morgan fingerprint density at radius 3 is 2.78 bits per heavy atom. The average molecular weight is 127 g/mol. The highest BCUT2D eigenvalue weighted by Crippen LogP contribution is 1.94. The van der Waals surface area contributed by atoms with Crippen LogP contribution in [-0.2, 0) is 4.79 Å². The SMILES string of the molecule is C=CCCCC(=O)CN. The summed E-state index contributed by atoms with van der Waals surface area (Å²) in [5.41, 5.74) is 5.08. The van der Waals surface area contributed by atoms with E-state index in [4.69, 9.17) is 5.73 Å². The van der Waals surface area contributed by atoms with E-state index in [2.05, 4.69) is 6.58 Å². The molecule has 2 nitrogen and oxygen atoms in total. The molecule has 0 heterocycles. The van der Waals surface area contributed by atoms with Crippen molar-refractivity contribution in [3.8, 4) is 0 Å². The zero-order chi connectivity index (χ0) is 7.11. The summed E-state index contributed by atoms with van der Waals surface area (Å²) < 4.78 is 0. The van der Waals surface area contributed by atoms with Crippen LogP contribution >= 0.6 is 0 Å². The zero-order valence-electron chi connectivity index (χ0n) is 5.60. The summed E-state index contributed by atoms with van der Waals surface area (Å²) in [4.78, 5) is 10.5. The van der Waals surface area contributed by atoms with Gasteiger partial charge >= 0.3 is 0 Å². The monoisotopic (exact) mass is 127 g/mol. The standard InChI is InChI=1S/C7H13NO/c1-2-3-4-5-7(9)6-8/h2H,1,3-6,8H2. The molecule has 2 heteroatoms. The van der Waals surface area contributed by atoms with Gasteiger partial charge in [0.05, 0.1) is 6.54 Å². The fraction of sp³-hybridized carbons (Fsp3) is 0.571. The maximum atomic E-state index is 10.5. The molecule has 0 spiro atoms. The summed E-state index contributed by atoms with van der Waals surface area (Å²) in [7, 11) is 0. The minimum Gasteiger partial charge on any atom is -0.324 e. The van der Waals surface area contributed by atoms with Gasteiger partial charge in [-0.05, 0) is 12.8 Å². The molecule has 0 aliphatic carbocycles. The quantitative estimate of drug-likeness (QED) is 0.440. The first-order chi connectivity index (χ1) is 4.31. The van der Waals surface area contributed by atoms with Crippen LogP contribution in [0.25, 0.3) is 0 Å². The molecule has 2 N–H and O–H groups in total. The highest BCUT2D eigenvalue weighted by Gasteiger charge is 1.94. The summed E-state index contributed by atoms with van der Waals surface area (Å²) in [5, 5.41) is 0.